The van der Waals surface area contributed by atoms with Gasteiger partial charge in [0.1, 0.15) is 0 Å². The predicted octanol–water partition coefficient (Wildman–Crippen LogP) is 2.38. The summed E-state index contributed by atoms with van der Waals surface area (Å²) >= 11 is 5.45. The van der Waals surface area contributed by atoms with Crippen molar-refractivity contribution >= 4 is 23.3 Å². The second-order valence-corrected chi connectivity index (χ2v) is 6.04. The van der Waals surface area contributed by atoms with E-state index in [1.54, 1.807) is 0 Å². The zero-order valence-corrected chi connectivity index (χ0v) is 14.2. The molecule has 0 bridgehead atoms. The predicted molar refractivity (Wildman–Crippen MR) is 91.6 cm³/mol. The van der Waals surface area contributed by atoms with Gasteiger partial charge in [0.25, 0.3) is 0 Å². The molecule has 0 spiro atoms. The SMILES string of the molecule is CCN1C(=S)NC(CCc2ccccc2)C(C(=O)OC)C1C. The first kappa shape index (κ1) is 16.7. The minimum atomic E-state index is -0.208. The van der Waals surface area contributed by atoms with Gasteiger partial charge in [0.05, 0.1) is 13.0 Å². The average molecular weight is 320 g/mol. The number of benzene rings is 1. The smallest absolute Gasteiger partial charge is 0.312 e. The second kappa shape index (κ2) is 7.58. The van der Waals surface area contributed by atoms with Crippen LogP contribution >= 0.6 is 12.2 Å². The van der Waals surface area contributed by atoms with Crippen LogP contribution in [0.4, 0.5) is 0 Å². The fraction of sp³-hybridized carbons (Fsp3) is 0.529. The van der Waals surface area contributed by atoms with E-state index in [0.29, 0.717) is 0 Å². The average Bonchev–Trinajstić information content (AvgIpc) is 2.53. The van der Waals surface area contributed by atoms with Crippen molar-refractivity contribution in [2.24, 2.45) is 5.92 Å². The monoisotopic (exact) mass is 320 g/mol. The molecular weight excluding hydrogens is 296 g/mol. The molecule has 4 nitrogen and oxygen atoms in total. The lowest BCUT2D eigenvalue weighted by molar-refractivity contribution is -0.149. The van der Waals surface area contributed by atoms with E-state index in [0.717, 1.165) is 24.5 Å². The molecule has 1 aromatic rings. The lowest BCUT2D eigenvalue weighted by Crippen LogP contribution is -2.63. The number of methoxy groups -OCH3 is 1. The van der Waals surface area contributed by atoms with Gasteiger partial charge in [-0.3, -0.25) is 4.79 Å². The molecule has 120 valence electrons. The van der Waals surface area contributed by atoms with Gasteiger partial charge in [-0.15, -0.1) is 0 Å². The summed E-state index contributed by atoms with van der Waals surface area (Å²) in [5, 5.41) is 4.07. The lowest BCUT2D eigenvalue weighted by atomic mass is 9.86. The Kier molecular flexibility index (Phi) is 5.77. The molecule has 0 aliphatic carbocycles. The van der Waals surface area contributed by atoms with E-state index in [1.807, 2.05) is 32.0 Å². The van der Waals surface area contributed by atoms with Crippen molar-refractivity contribution in [3.8, 4) is 0 Å². The van der Waals surface area contributed by atoms with E-state index in [9.17, 15) is 4.79 Å². The Labute approximate surface area is 137 Å². The van der Waals surface area contributed by atoms with Gasteiger partial charge in [-0.1, -0.05) is 30.3 Å². The molecule has 1 heterocycles. The third-order valence-electron chi connectivity index (χ3n) is 4.42. The number of carbonyl (C=O) groups excluding carboxylic acids is 1. The highest BCUT2D eigenvalue weighted by Crippen LogP contribution is 2.25. The summed E-state index contributed by atoms with van der Waals surface area (Å²) in [4.78, 5) is 14.3. The Morgan fingerprint density at radius 3 is 2.64 bits per heavy atom. The Hall–Kier alpha value is -1.62. The Morgan fingerprint density at radius 2 is 2.05 bits per heavy atom. The van der Waals surface area contributed by atoms with E-state index in [2.05, 4.69) is 22.3 Å². The van der Waals surface area contributed by atoms with E-state index in [1.165, 1.54) is 12.7 Å². The molecule has 0 aromatic heterocycles. The number of ether oxygens (including phenoxy) is 1. The fourth-order valence-electron chi connectivity index (χ4n) is 3.19. The van der Waals surface area contributed by atoms with Gasteiger partial charge >= 0.3 is 5.97 Å². The molecule has 1 aromatic carbocycles. The number of hydrogen-bond donors (Lipinski definition) is 1. The molecule has 3 unspecified atom stereocenters. The summed E-state index contributed by atoms with van der Waals surface area (Å²) < 4.78 is 5.02. The topological polar surface area (TPSA) is 41.6 Å². The van der Waals surface area contributed by atoms with Crippen molar-refractivity contribution in [3.63, 3.8) is 0 Å². The van der Waals surface area contributed by atoms with Gasteiger partial charge in [-0.2, -0.15) is 0 Å². The summed E-state index contributed by atoms with van der Waals surface area (Å²) in [5.74, 6) is -0.376. The molecule has 1 N–H and O–H groups in total. The van der Waals surface area contributed by atoms with Crippen LogP contribution < -0.4 is 5.32 Å². The number of thiocarbonyl (C=S) groups is 1. The molecule has 0 saturated carbocycles. The molecule has 0 radical (unpaired) electrons. The highest BCUT2D eigenvalue weighted by molar-refractivity contribution is 7.80. The Balaban J connectivity index is 2.12. The van der Waals surface area contributed by atoms with E-state index in [-0.39, 0.29) is 24.0 Å². The van der Waals surface area contributed by atoms with Crippen molar-refractivity contribution < 1.29 is 9.53 Å². The quantitative estimate of drug-likeness (QED) is 0.666. The number of hydrogen-bond acceptors (Lipinski definition) is 3. The van der Waals surface area contributed by atoms with Crippen LogP contribution in [-0.2, 0) is 16.0 Å². The lowest BCUT2D eigenvalue weighted by Gasteiger charge is -2.44. The van der Waals surface area contributed by atoms with Crippen LogP contribution in [0.3, 0.4) is 0 Å². The molecule has 1 aliphatic rings. The fourth-order valence-corrected chi connectivity index (χ4v) is 3.64. The molecule has 1 fully saturated rings. The highest BCUT2D eigenvalue weighted by Gasteiger charge is 2.41. The molecule has 1 saturated heterocycles. The van der Waals surface area contributed by atoms with Gasteiger partial charge < -0.3 is 15.0 Å². The zero-order chi connectivity index (χ0) is 16.1. The van der Waals surface area contributed by atoms with Gasteiger partial charge in [0.2, 0.25) is 0 Å². The van der Waals surface area contributed by atoms with Crippen LogP contribution in [0.25, 0.3) is 0 Å². The molecule has 0 amide bonds. The molecule has 3 atom stereocenters. The van der Waals surface area contributed by atoms with Crippen molar-refractivity contribution in [1.29, 1.82) is 0 Å². The molecular formula is C17H24N2O2S. The number of esters is 1. The number of carbonyl (C=O) groups is 1. The molecule has 5 heteroatoms. The minimum Gasteiger partial charge on any atom is -0.469 e. The van der Waals surface area contributed by atoms with Crippen molar-refractivity contribution in [2.45, 2.75) is 38.8 Å². The normalized spacial score (nSPS) is 24.8. The first-order valence-corrected chi connectivity index (χ1v) is 8.18. The van der Waals surface area contributed by atoms with Gasteiger partial charge in [0, 0.05) is 18.6 Å². The Bertz CT molecular complexity index is 521. The van der Waals surface area contributed by atoms with Crippen LogP contribution in [0.15, 0.2) is 30.3 Å². The summed E-state index contributed by atoms with van der Waals surface area (Å²) in [6.07, 6.45) is 1.76. The van der Waals surface area contributed by atoms with Crippen molar-refractivity contribution in [2.75, 3.05) is 13.7 Å². The van der Waals surface area contributed by atoms with Gasteiger partial charge in [0.15, 0.2) is 5.11 Å². The summed E-state index contributed by atoms with van der Waals surface area (Å²) in [6.45, 7) is 4.88. The van der Waals surface area contributed by atoms with Crippen LogP contribution in [0.5, 0.6) is 0 Å². The van der Waals surface area contributed by atoms with Gasteiger partial charge in [-0.25, -0.2) is 0 Å². The summed E-state index contributed by atoms with van der Waals surface area (Å²) in [6, 6.07) is 10.4. The van der Waals surface area contributed by atoms with Crippen LogP contribution in [0.1, 0.15) is 25.8 Å². The van der Waals surface area contributed by atoms with Crippen LogP contribution in [0.2, 0.25) is 0 Å². The van der Waals surface area contributed by atoms with Crippen LogP contribution in [-0.4, -0.2) is 41.7 Å². The van der Waals surface area contributed by atoms with Crippen LogP contribution in [0, 0.1) is 5.92 Å². The van der Waals surface area contributed by atoms with Crippen molar-refractivity contribution in [1.82, 2.24) is 10.2 Å². The molecule has 2 rings (SSSR count). The first-order chi connectivity index (χ1) is 10.6. The van der Waals surface area contributed by atoms with E-state index < -0.39 is 0 Å². The maximum atomic E-state index is 12.2. The summed E-state index contributed by atoms with van der Waals surface area (Å²) in [7, 11) is 1.45. The minimum absolute atomic E-state index is 0.0120. The molecule has 1 aliphatic heterocycles. The summed E-state index contributed by atoms with van der Waals surface area (Å²) in [5.41, 5.74) is 1.27. The van der Waals surface area contributed by atoms with Crippen molar-refractivity contribution in [3.05, 3.63) is 35.9 Å². The zero-order valence-electron chi connectivity index (χ0n) is 13.4. The first-order valence-electron chi connectivity index (χ1n) is 7.77. The number of rotatable bonds is 5. The number of nitrogens with zero attached hydrogens (tertiary/aromatic N) is 1. The number of nitrogens with one attached hydrogen (secondary N) is 1. The number of aryl methyl sites for hydroxylation is 1. The van der Waals surface area contributed by atoms with Gasteiger partial charge in [-0.05, 0) is 44.5 Å². The maximum Gasteiger partial charge on any atom is 0.312 e. The highest BCUT2D eigenvalue weighted by atomic mass is 32.1. The third-order valence-corrected chi connectivity index (χ3v) is 4.77. The maximum absolute atomic E-state index is 12.2. The van der Waals surface area contributed by atoms with E-state index in [4.69, 9.17) is 17.0 Å². The largest absolute Gasteiger partial charge is 0.469 e. The Morgan fingerprint density at radius 1 is 1.36 bits per heavy atom. The molecule has 22 heavy (non-hydrogen) atoms. The third kappa shape index (κ3) is 3.58. The van der Waals surface area contributed by atoms with E-state index >= 15 is 0 Å². The standard InChI is InChI=1S/C17H24N2O2S/c1-4-19-12(2)15(16(20)21-3)14(18-17(19)22)11-10-13-8-6-5-7-9-13/h5-9,12,14-15H,4,10-11H2,1-3H3,(H,18,22). The second-order valence-electron chi connectivity index (χ2n) is 5.66.